The van der Waals surface area contributed by atoms with Gasteiger partial charge in [0.2, 0.25) is 5.91 Å². The van der Waals surface area contributed by atoms with Gasteiger partial charge in [0.15, 0.2) is 0 Å². The summed E-state index contributed by atoms with van der Waals surface area (Å²) in [5, 5.41) is 0. The lowest BCUT2D eigenvalue weighted by Gasteiger charge is -2.27. The van der Waals surface area contributed by atoms with E-state index < -0.39 is 0 Å². The summed E-state index contributed by atoms with van der Waals surface area (Å²) in [7, 11) is 0. The van der Waals surface area contributed by atoms with Gasteiger partial charge >= 0.3 is 0 Å². The van der Waals surface area contributed by atoms with Gasteiger partial charge in [-0.05, 0) is 56.2 Å². The molecule has 0 atom stereocenters. The van der Waals surface area contributed by atoms with Crippen molar-refractivity contribution in [2.75, 3.05) is 0 Å². The lowest BCUT2D eigenvalue weighted by molar-refractivity contribution is -0.134. The minimum atomic E-state index is 0.0591. The second-order valence-electron chi connectivity index (χ2n) is 8.31. The number of amides is 1. The molecule has 0 aliphatic heterocycles. The molecule has 0 spiro atoms. The third kappa shape index (κ3) is 4.99. The molecule has 164 valence electrons. The number of benzene rings is 3. The number of rotatable bonds is 8. The predicted molar refractivity (Wildman–Crippen MR) is 127 cm³/mol. The Morgan fingerprint density at radius 3 is 2.50 bits per heavy atom. The van der Waals surface area contributed by atoms with Crippen LogP contribution in [0.25, 0.3) is 11.0 Å². The summed E-state index contributed by atoms with van der Waals surface area (Å²) in [5.41, 5.74) is 4.06. The van der Waals surface area contributed by atoms with E-state index >= 15 is 0 Å². The Balaban J connectivity index is 1.59. The van der Waals surface area contributed by atoms with Crippen molar-refractivity contribution in [2.45, 2.75) is 46.5 Å². The Labute approximate surface area is 189 Å². The van der Waals surface area contributed by atoms with Gasteiger partial charge in [0.25, 0.3) is 0 Å². The highest BCUT2D eigenvalue weighted by Gasteiger charge is 2.21. The smallest absolute Gasteiger partial charge is 0.243 e. The topological polar surface area (TPSA) is 47.4 Å². The summed E-state index contributed by atoms with van der Waals surface area (Å²) in [6.45, 7) is 7.24. The van der Waals surface area contributed by atoms with Gasteiger partial charge in [0.1, 0.15) is 24.7 Å². The van der Waals surface area contributed by atoms with Crippen LogP contribution in [0.15, 0.2) is 78.9 Å². The van der Waals surface area contributed by atoms with Crippen molar-refractivity contribution < 1.29 is 9.53 Å². The molecule has 0 aliphatic carbocycles. The van der Waals surface area contributed by atoms with Gasteiger partial charge < -0.3 is 14.2 Å². The van der Waals surface area contributed by atoms with E-state index in [9.17, 15) is 4.79 Å². The Bertz CT molecular complexity index is 1200. The SMILES string of the molecule is Cc1cccc(OCc2nc3ccccc3n2CC(=O)N(Cc2ccccc2)C(C)C)c1. The molecule has 0 unspecified atom stereocenters. The van der Waals surface area contributed by atoms with Crippen LogP contribution >= 0.6 is 0 Å². The summed E-state index contributed by atoms with van der Waals surface area (Å²) < 4.78 is 8.00. The zero-order valence-electron chi connectivity index (χ0n) is 18.9. The van der Waals surface area contributed by atoms with E-state index in [2.05, 4.69) is 26.0 Å². The minimum Gasteiger partial charge on any atom is -0.486 e. The van der Waals surface area contributed by atoms with E-state index in [0.29, 0.717) is 13.2 Å². The first kappa shape index (κ1) is 21.6. The number of ether oxygens (including phenoxy) is 1. The molecule has 5 heteroatoms. The number of aromatic nitrogens is 2. The van der Waals surface area contributed by atoms with Gasteiger partial charge in [-0.1, -0.05) is 54.6 Å². The van der Waals surface area contributed by atoms with E-state index in [1.807, 2.05) is 83.1 Å². The van der Waals surface area contributed by atoms with Crippen LogP contribution in [0, 0.1) is 6.92 Å². The minimum absolute atomic E-state index is 0.0591. The average Bonchev–Trinajstić information content (AvgIpc) is 3.14. The molecule has 0 aliphatic rings. The number of carbonyl (C=O) groups is 1. The number of imidazole rings is 1. The molecule has 0 saturated heterocycles. The first-order valence-corrected chi connectivity index (χ1v) is 11.0. The highest BCUT2D eigenvalue weighted by Crippen LogP contribution is 2.20. The highest BCUT2D eigenvalue weighted by molar-refractivity contribution is 5.81. The van der Waals surface area contributed by atoms with Gasteiger partial charge in [-0.2, -0.15) is 0 Å². The number of hydrogen-bond acceptors (Lipinski definition) is 3. The molecule has 0 radical (unpaired) electrons. The molecule has 0 bridgehead atoms. The number of nitrogens with zero attached hydrogens (tertiary/aromatic N) is 3. The van der Waals surface area contributed by atoms with Gasteiger partial charge in [-0.15, -0.1) is 0 Å². The van der Waals surface area contributed by atoms with Gasteiger partial charge in [-0.3, -0.25) is 4.79 Å². The van der Waals surface area contributed by atoms with Crippen LogP contribution in [0.2, 0.25) is 0 Å². The lowest BCUT2D eigenvalue weighted by Crippen LogP contribution is -2.38. The molecule has 5 nitrogen and oxygen atoms in total. The van der Waals surface area contributed by atoms with Crippen LogP contribution in [0.3, 0.4) is 0 Å². The quantitative estimate of drug-likeness (QED) is 0.380. The maximum Gasteiger partial charge on any atom is 0.243 e. The maximum absolute atomic E-state index is 13.4. The number of aryl methyl sites for hydroxylation is 1. The van der Waals surface area contributed by atoms with Gasteiger partial charge in [0, 0.05) is 12.6 Å². The summed E-state index contributed by atoms with van der Waals surface area (Å²) in [6.07, 6.45) is 0. The zero-order chi connectivity index (χ0) is 22.5. The van der Waals surface area contributed by atoms with E-state index in [0.717, 1.165) is 33.7 Å². The largest absolute Gasteiger partial charge is 0.486 e. The van der Waals surface area contributed by atoms with Crippen LogP contribution in [-0.4, -0.2) is 26.4 Å². The maximum atomic E-state index is 13.4. The van der Waals surface area contributed by atoms with E-state index in [1.165, 1.54) is 0 Å². The summed E-state index contributed by atoms with van der Waals surface area (Å²) in [6, 6.07) is 26.0. The van der Waals surface area contributed by atoms with Crippen molar-refractivity contribution in [1.82, 2.24) is 14.5 Å². The van der Waals surface area contributed by atoms with Gasteiger partial charge in [0.05, 0.1) is 11.0 Å². The molecular formula is C27H29N3O2. The molecule has 1 heterocycles. The average molecular weight is 428 g/mol. The second-order valence-corrected chi connectivity index (χ2v) is 8.31. The van der Waals surface area contributed by atoms with E-state index in [-0.39, 0.29) is 18.5 Å². The van der Waals surface area contributed by atoms with E-state index in [1.54, 1.807) is 0 Å². The van der Waals surface area contributed by atoms with Crippen LogP contribution in [0.1, 0.15) is 30.8 Å². The van der Waals surface area contributed by atoms with Crippen LogP contribution in [-0.2, 0) is 24.5 Å². The molecule has 0 fully saturated rings. The zero-order valence-corrected chi connectivity index (χ0v) is 18.9. The molecular weight excluding hydrogens is 398 g/mol. The standard InChI is InChI=1S/C27H29N3O2/c1-20(2)29(17-22-11-5-4-6-12-22)27(31)18-30-25-15-8-7-14-24(25)28-26(30)19-32-23-13-9-10-21(3)16-23/h4-16,20H,17-19H2,1-3H3. The number of carbonyl (C=O) groups excluding carboxylic acids is 1. The van der Waals surface area contributed by atoms with Gasteiger partial charge in [-0.25, -0.2) is 4.98 Å². The normalized spacial score (nSPS) is 11.1. The molecule has 0 saturated carbocycles. The third-order valence-corrected chi connectivity index (χ3v) is 5.52. The summed E-state index contributed by atoms with van der Waals surface area (Å²) in [5.74, 6) is 1.59. The van der Waals surface area contributed by atoms with Crippen LogP contribution < -0.4 is 4.74 Å². The molecule has 4 aromatic rings. The van der Waals surface area contributed by atoms with E-state index in [4.69, 9.17) is 9.72 Å². The summed E-state index contributed by atoms with van der Waals surface area (Å²) >= 11 is 0. The van der Waals surface area contributed by atoms with Crippen molar-refractivity contribution in [1.29, 1.82) is 0 Å². The molecule has 3 aromatic carbocycles. The molecule has 32 heavy (non-hydrogen) atoms. The number of fused-ring (bicyclic) bond motifs is 1. The third-order valence-electron chi connectivity index (χ3n) is 5.52. The van der Waals surface area contributed by atoms with Crippen molar-refractivity contribution in [2.24, 2.45) is 0 Å². The molecule has 4 rings (SSSR count). The van der Waals surface area contributed by atoms with Crippen LogP contribution in [0.4, 0.5) is 0 Å². The Hall–Kier alpha value is -3.60. The fraction of sp³-hybridized carbons (Fsp3) is 0.259. The fourth-order valence-corrected chi connectivity index (χ4v) is 3.83. The molecule has 0 N–H and O–H groups in total. The Morgan fingerprint density at radius 2 is 1.75 bits per heavy atom. The van der Waals surface area contributed by atoms with Crippen molar-refractivity contribution in [3.63, 3.8) is 0 Å². The summed E-state index contributed by atoms with van der Waals surface area (Å²) in [4.78, 5) is 20.1. The van der Waals surface area contributed by atoms with Crippen LogP contribution in [0.5, 0.6) is 5.75 Å². The van der Waals surface area contributed by atoms with Crippen molar-refractivity contribution in [3.05, 3.63) is 95.8 Å². The number of para-hydroxylation sites is 2. The molecule has 1 aromatic heterocycles. The fourth-order valence-electron chi connectivity index (χ4n) is 3.83. The Morgan fingerprint density at radius 1 is 1.00 bits per heavy atom. The predicted octanol–water partition coefficient (Wildman–Crippen LogP) is 5.36. The molecule has 1 amide bonds. The first-order valence-electron chi connectivity index (χ1n) is 11.0. The van der Waals surface area contributed by atoms with Crippen molar-refractivity contribution in [3.8, 4) is 5.75 Å². The second kappa shape index (κ2) is 9.69. The first-order chi connectivity index (χ1) is 15.5. The monoisotopic (exact) mass is 427 g/mol. The Kier molecular flexibility index (Phi) is 6.55. The lowest BCUT2D eigenvalue weighted by atomic mass is 10.2. The highest BCUT2D eigenvalue weighted by atomic mass is 16.5. The number of hydrogen-bond donors (Lipinski definition) is 0. The van der Waals surface area contributed by atoms with Crippen molar-refractivity contribution >= 4 is 16.9 Å².